The van der Waals surface area contributed by atoms with E-state index in [4.69, 9.17) is 4.74 Å². The molecule has 3 heterocycles. The first-order valence-electron chi connectivity index (χ1n) is 10.0. The Hall–Kier alpha value is -3.66. The maximum Gasteiger partial charge on any atom is 0.258 e. The molecular formula is C23H23N5O2. The van der Waals surface area contributed by atoms with Crippen LogP contribution in [0.3, 0.4) is 0 Å². The predicted octanol–water partition coefficient (Wildman–Crippen LogP) is 3.64. The number of hydrogen-bond acceptors (Lipinski definition) is 5. The first-order chi connectivity index (χ1) is 14.5. The molecule has 0 bridgehead atoms. The van der Waals surface area contributed by atoms with Crippen molar-refractivity contribution in [3.05, 3.63) is 70.8 Å². The smallest absolute Gasteiger partial charge is 0.258 e. The zero-order valence-electron chi connectivity index (χ0n) is 17.3. The molecule has 3 aromatic rings. The summed E-state index contributed by atoms with van der Waals surface area (Å²) in [5.41, 5.74) is 4.70. The second-order valence-electron chi connectivity index (χ2n) is 7.56. The standard InChI is InChI=1S/C23H23N5O2/c1-4-18-10-19(7-8-25-18)28-13-17-12-27(14-21(17)26-28)23(29)20-9-16(11-24)5-6-22(20)30-15(2)3/h5-10,13,15H,4,12,14H2,1-3H3. The van der Waals surface area contributed by atoms with E-state index in [1.165, 1.54) is 0 Å². The molecular weight excluding hydrogens is 378 g/mol. The second kappa shape index (κ2) is 7.99. The van der Waals surface area contributed by atoms with Crippen molar-refractivity contribution in [2.45, 2.75) is 46.4 Å². The molecule has 4 rings (SSSR count). The molecule has 0 aliphatic carbocycles. The number of hydrogen-bond donors (Lipinski definition) is 0. The molecule has 0 saturated heterocycles. The molecule has 1 aromatic carbocycles. The van der Waals surface area contributed by atoms with Gasteiger partial charge in [0.05, 0.1) is 41.2 Å². The van der Waals surface area contributed by atoms with Gasteiger partial charge in [-0.3, -0.25) is 9.78 Å². The number of aryl methyl sites for hydroxylation is 1. The van der Waals surface area contributed by atoms with Crippen molar-refractivity contribution >= 4 is 5.91 Å². The first-order valence-corrected chi connectivity index (χ1v) is 10.0. The van der Waals surface area contributed by atoms with Gasteiger partial charge in [0.15, 0.2) is 0 Å². The third kappa shape index (κ3) is 3.77. The normalized spacial score (nSPS) is 12.7. The fraction of sp³-hybridized carbons (Fsp3) is 0.304. The van der Waals surface area contributed by atoms with E-state index in [0.717, 1.165) is 29.1 Å². The van der Waals surface area contributed by atoms with Gasteiger partial charge in [0.25, 0.3) is 5.91 Å². The van der Waals surface area contributed by atoms with E-state index in [0.29, 0.717) is 30.0 Å². The molecule has 0 N–H and O–H groups in total. The number of rotatable bonds is 5. The highest BCUT2D eigenvalue weighted by Gasteiger charge is 2.29. The summed E-state index contributed by atoms with van der Waals surface area (Å²) in [7, 11) is 0. The Balaban J connectivity index is 1.57. The van der Waals surface area contributed by atoms with E-state index in [1.807, 2.05) is 36.9 Å². The van der Waals surface area contributed by atoms with Gasteiger partial charge in [-0.1, -0.05) is 6.92 Å². The minimum Gasteiger partial charge on any atom is -0.490 e. The number of nitrogens with zero attached hydrogens (tertiary/aromatic N) is 5. The largest absolute Gasteiger partial charge is 0.490 e. The quantitative estimate of drug-likeness (QED) is 0.652. The molecule has 7 nitrogen and oxygen atoms in total. The Morgan fingerprint density at radius 1 is 1.27 bits per heavy atom. The molecule has 1 aliphatic rings. The van der Waals surface area contributed by atoms with E-state index in [2.05, 4.69) is 23.1 Å². The molecule has 1 aliphatic heterocycles. The number of aromatic nitrogens is 3. The number of benzene rings is 1. The minimum absolute atomic E-state index is 0.0727. The Labute approximate surface area is 175 Å². The summed E-state index contributed by atoms with van der Waals surface area (Å²) in [6.07, 6.45) is 4.54. The lowest BCUT2D eigenvalue weighted by atomic mass is 10.1. The van der Waals surface area contributed by atoms with Crippen LogP contribution in [0.5, 0.6) is 5.75 Å². The van der Waals surface area contributed by atoms with Gasteiger partial charge >= 0.3 is 0 Å². The van der Waals surface area contributed by atoms with Crippen molar-refractivity contribution in [2.24, 2.45) is 0 Å². The average molecular weight is 401 g/mol. The molecule has 0 radical (unpaired) electrons. The van der Waals surface area contributed by atoms with Crippen LogP contribution in [-0.4, -0.2) is 31.7 Å². The zero-order chi connectivity index (χ0) is 21.3. The maximum atomic E-state index is 13.2. The van der Waals surface area contributed by atoms with Gasteiger partial charge in [-0.25, -0.2) is 4.68 Å². The van der Waals surface area contributed by atoms with Gasteiger partial charge in [-0.15, -0.1) is 0 Å². The van der Waals surface area contributed by atoms with Crippen LogP contribution in [0.15, 0.2) is 42.7 Å². The van der Waals surface area contributed by atoms with Gasteiger partial charge in [0.2, 0.25) is 0 Å². The van der Waals surface area contributed by atoms with E-state index in [9.17, 15) is 10.1 Å². The van der Waals surface area contributed by atoms with Crippen LogP contribution < -0.4 is 4.74 Å². The third-order valence-corrected chi connectivity index (χ3v) is 4.99. The lowest BCUT2D eigenvalue weighted by molar-refractivity contribution is 0.0743. The van der Waals surface area contributed by atoms with Crippen LogP contribution in [-0.2, 0) is 19.5 Å². The second-order valence-corrected chi connectivity index (χ2v) is 7.56. The number of ether oxygens (including phenoxy) is 1. The molecule has 0 spiro atoms. The number of fused-ring (bicyclic) bond motifs is 1. The highest BCUT2D eigenvalue weighted by Crippen LogP contribution is 2.29. The summed E-state index contributed by atoms with van der Waals surface area (Å²) in [6, 6.07) is 11.0. The molecule has 7 heteroatoms. The van der Waals surface area contributed by atoms with Gasteiger partial charge in [0, 0.05) is 30.2 Å². The minimum atomic E-state index is -0.163. The highest BCUT2D eigenvalue weighted by molar-refractivity contribution is 5.97. The van der Waals surface area contributed by atoms with Crippen LogP contribution in [0.1, 0.15) is 53.6 Å². The van der Waals surface area contributed by atoms with Gasteiger partial charge in [-0.2, -0.15) is 10.4 Å². The van der Waals surface area contributed by atoms with Crippen molar-refractivity contribution in [2.75, 3.05) is 0 Å². The average Bonchev–Trinajstić information content (AvgIpc) is 3.32. The van der Waals surface area contributed by atoms with Crippen molar-refractivity contribution in [3.63, 3.8) is 0 Å². The van der Waals surface area contributed by atoms with Crippen LogP contribution in [0, 0.1) is 11.3 Å². The van der Waals surface area contributed by atoms with Crippen molar-refractivity contribution in [1.82, 2.24) is 19.7 Å². The molecule has 0 atom stereocenters. The molecule has 0 unspecified atom stereocenters. The number of carbonyl (C=O) groups excluding carboxylic acids is 1. The van der Waals surface area contributed by atoms with Gasteiger partial charge in [-0.05, 0) is 50.6 Å². The SMILES string of the molecule is CCc1cc(-n2cc3c(n2)CN(C(=O)c2cc(C#N)ccc2OC(C)C)C3)ccn1. The van der Waals surface area contributed by atoms with Crippen molar-refractivity contribution < 1.29 is 9.53 Å². The first kappa shape index (κ1) is 19.6. The monoisotopic (exact) mass is 401 g/mol. The fourth-order valence-electron chi connectivity index (χ4n) is 3.52. The lowest BCUT2D eigenvalue weighted by Gasteiger charge is -2.19. The summed E-state index contributed by atoms with van der Waals surface area (Å²) >= 11 is 0. The summed E-state index contributed by atoms with van der Waals surface area (Å²) < 4.78 is 7.64. The molecule has 2 aromatic heterocycles. The molecule has 1 amide bonds. The van der Waals surface area contributed by atoms with Crippen LogP contribution in [0.2, 0.25) is 0 Å². The Bertz CT molecular complexity index is 1120. The number of pyridine rings is 1. The van der Waals surface area contributed by atoms with Crippen LogP contribution in [0.25, 0.3) is 5.69 Å². The van der Waals surface area contributed by atoms with E-state index < -0.39 is 0 Å². The van der Waals surface area contributed by atoms with Gasteiger partial charge < -0.3 is 9.64 Å². The number of amides is 1. The topological polar surface area (TPSA) is 84.0 Å². The summed E-state index contributed by atoms with van der Waals surface area (Å²) in [5.74, 6) is 0.331. The van der Waals surface area contributed by atoms with Crippen LogP contribution in [0.4, 0.5) is 0 Å². The van der Waals surface area contributed by atoms with Crippen LogP contribution >= 0.6 is 0 Å². The molecule has 0 fully saturated rings. The Morgan fingerprint density at radius 3 is 2.80 bits per heavy atom. The Kier molecular flexibility index (Phi) is 5.23. The number of nitriles is 1. The van der Waals surface area contributed by atoms with Crippen molar-refractivity contribution in [3.8, 4) is 17.5 Å². The molecule has 0 saturated carbocycles. The number of carbonyl (C=O) groups is 1. The maximum absolute atomic E-state index is 13.2. The summed E-state index contributed by atoms with van der Waals surface area (Å²) in [6.45, 7) is 6.77. The third-order valence-electron chi connectivity index (χ3n) is 4.99. The van der Waals surface area contributed by atoms with E-state index in [-0.39, 0.29) is 12.0 Å². The fourth-order valence-corrected chi connectivity index (χ4v) is 3.52. The lowest BCUT2D eigenvalue weighted by Crippen LogP contribution is -2.27. The van der Waals surface area contributed by atoms with Gasteiger partial charge in [0.1, 0.15) is 5.75 Å². The molecule has 30 heavy (non-hydrogen) atoms. The molecule has 152 valence electrons. The summed E-state index contributed by atoms with van der Waals surface area (Å²) in [5, 5.41) is 13.9. The highest BCUT2D eigenvalue weighted by atomic mass is 16.5. The summed E-state index contributed by atoms with van der Waals surface area (Å²) in [4.78, 5) is 19.3. The predicted molar refractivity (Wildman–Crippen MR) is 111 cm³/mol. The van der Waals surface area contributed by atoms with E-state index >= 15 is 0 Å². The Morgan fingerprint density at radius 2 is 2.10 bits per heavy atom. The van der Waals surface area contributed by atoms with Crippen molar-refractivity contribution in [1.29, 1.82) is 5.26 Å². The van der Waals surface area contributed by atoms with E-state index in [1.54, 1.807) is 29.3 Å². The zero-order valence-corrected chi connectivity index (χ0v) is 17.3.